The molecule has 0 aromatic carbocycles. The lowest BCUT2D eigenvalue weighted by molar-refractivity contribution is -0.142. The molecule has 0 heterocycles. The summed E-state index contributed by atoms with van der Waals surface area (Å²) in [5.74, 6) is -3.65. The van der Waals surface area contributed by atoms with Gasteiger partial charge in [0.2, 0.25) is 11.8 Å². The zero-order chi connectivity index (χ0) is 20.1. The van der Waals surface area contributed by atoms with Gasteiger partial charge in [0.05, 0.1) is 0 Å². The minimum atomic E-state index is -1.22. The van der Waals surface area contributed by atoms with E-state index in [2.05, 4.69) is 23.3 Å². The predicted octanol–water partition coefficient (Wildman–Crippen LogP) is -1.32. The van der Waals surface area contributed by atoms with E-state index in [0.29, 0.717) is 13.0 Å². The van der Waals surface area contributed by atoms with Gasteiger partial charge in [-0.1, -0.05) is 12.8 Å². The monoisotopic (exact) mass is 392 g/mol. The third-order valence-electron chi connectivity index (χ3n) is 3.65. The molecule has 10 nitrogen and oxygen atoms in total. The summed E-state index contributed by atoms with van der Waals surface area (Å²) in [5.41, 5.74) is 10.7. The molecule has 0 saturated heterocycles. The van der Waals surface area contributed by atoms with Crippen molar-refractivity contribution in [3.63, 3.8) is 0 Å². The maximum Gasteiger partial charge on any atom is 0.326 e. The zero-order valence-corrected chi connectivity index (χ0v) is 15.4. The molecule has 0 fully saturated rings. The molecule has 8 N–H and O–H groups in total. The Bertz CT molecular complexity index is 491. The van der Waals surface area contributed by atoms with Gasteiger partial charge >= 0.3 is 11.9 Å². The van der Waals surface area contributed by atoms with Crippen molar-refractivity contribution in [1.82, 2.24) is 10.6 Å². The molecule has 0 saturated carbocycles. The maximum absolute atomic E-state index is 12.2. The highest BCUT2D eigenvalue weighted by molar-refractivity contribution is 7.80. The molecule has 150 valence electrons. The molecule has 26 heavy (non-hydrogen) atoms. The molecule has 3 atom stereocenters. The van der Waals surface area contributed by atoms with Crippen LogP contribution >= 0.6 is 12.6 Å². The summed E-state index contributed by atoms with van der Waals surface area (Å²) in [7, 11) is 0. The average molecular weight is 392 g/mol. The first-order valence-electron chi connectivity index (χ1n) is 8.34. The number of nitrogens with two attached hydrogens (primary N) is 2. The number of hydrogen-bond donors (Lipinski definition) is 7. The number of aliphatic carboxylic acids is 2. The van der Waals surface area contributed by atoms with Gasteiger partial charge in [-0.3, -0.25) is 14.4 Å². The molecule has 2 amide bonds. The van der Waals surface area contributed by atoms with Gasteiger partial charge in [0.25, 0.3) is 0 Å². The quantitative estimate of drug-likeness (QED) is 0.140. The summed E-state index contributed by atoms with van der Waals surface area (Å²) in [6.07, 6.45) is 2.12. The third kappa shape index (κ3) is 10.2. The fourth-order valence-corrected chi connectivity index (χ4v) is 2.33. The number of hydrogen-bond acceptors (Lipinski definition) is 7. The van der Waals surface area contributed by atoms with Crippen LogP contribution in [0, 0.1) is 0 Å². The van der Waals surface area contributed by atoms with Crippen LogP contribution < -0.4 is 22.1 Å². The van der Waals surface area contributed by atoms with Crippen molar-refractivity contribution in [2.45, 2.75) is 56.7 Å². The van der Waals surface area contributed by atoms with Crippen molar-refractivity contribution in [2.24, 2.45) is 11.5 Å². The molecule has 0 spiro atoms. The Morgan fingerprint density at radius 1 is 0.923 bits per heavy atom. The van der Waals surface area contributed by atoms with Crippen LogP contribution in [0.3, 0.4) is 0 Å². The number of rotatable bonds is 14. The highest BCUT2D eigenvalue weighted by Gasteiger charge is 2.25. The summed E-state index contributed by atoms with van der Waals surface area (Å²) >= 11 is 3.99. The Morgan fingerprint density at radius 2 is 1.58 bits per heavy atom. The van der Waals surface area contributed by atoms with E-state index in [0.717, 1.165) is 12.8 Å². The van der Waals surface area contributed by atoms with Crippen molar-refractivity contribution in [2.75, 3.05) is 12.3 Å². The topological polar surface area (TPSA) is 185 Å². The first-order chi connectivity index (χ1) is 12.2. The summed E-state index contributed by atoms with van der Waals surface area (Å²) in [6, 6.07) is -3.27. The van der Waals surface area contributed by atoms with Gasteiger partial charge < -0.3 is 32.3 Å². The highest BCUT2D eigenvalue weighted by atomic mass is 32.1. The van der Waals surface area contributed by atoms with Gasteiger partial charge in [0.1, 0.15) is 18.1 Å². The van der Waals surface area contributed by atoms with E-state index >= 15 is 0 Å². The maximum atomic E-state index is 12.2. The molecular formula is C15H28N4O6S. The molecule has 0 aliphatic carbocycles. The van der Waals surface area contributed by atoms with Crippen LogP contribution in [0.2, 0.25) is 0 Å². The fraction of sp³-hybridized carbons (Fsp3) is 0.733. The Hall–Kier alpha value is -1.85. The van der Waals surface area contributed by atoms with Crippen LogP contribution in [-0.2, 0) is 19.2 Å². The summed E-state index contributed by atoms with van der Waals surface area (Å²) < 4.78 is 0. The van der Waals surface area contributed by atoms with Gasteiger partial charge in [0.15, 0.2) is 0 Å². The highest BCUT2D eigenvalue weighted by Crippen LogP contribution is 2.05. The molecule has 11 heteroatoms. The van der Waals surface area contributed by atoms with E-state index < -0.39 is 41.9 Å². The number of carboxylic acid groups (broad SMARTS) is 2. The molecule has 0 aromatic heterocycles. The average Bonchev–Trinajstić information content (AvgIpc) is 2.59. The second-order valence-corrected chi connectivity index (χ2v) is 6.19. The van der Waals surface area contributed by atoms with Crippen LogP contribution in [0.4, 0.5) is 0 Å². The molecule has 0 aliphatic heterocycles. The van der Waals surface area contributed by atoms with Gasteiger partial charge in [-0.2, -0.15) is 12.6 Å². The van der Waals surface area contributed by atoms with Crippen molar-refractivity contribution in [3.05, 3.63) is 0 Å². The SMILES string of the molecule is NCCCCC[C@H](NC(=O)[C@H](CS)NC(=O)CC[C@H](N)C(=O)O)C(=O)O. The fourth-order valence-electron chi connectivity index (χ4n) is 2.07. The Morgan fingerprint density at radius 3 is 2.08 bits per heavy atom. The number of carbonyl (C=O) groups excluding carboxylic acids is 2. The van der Waals surface area contributed by atoms with Gasteiger partial charge in [0, 0.05) is 12.2 Å². The van der Waals surface area contributed by atoms with Crippen LogP contribution in [0.15, 0.2) is 0 Å². The van der Waals surface area contributed by atoms with E-state index in [9.17, 15) is 24.3 Å². The first kappa shape index (κ1) is 24.1. The standard InChI is InChI=1S/C15H28N4O6S/c16-7-3-1-2-4-10(15(24)25)19-13(21)11(8-26)18-12(20)6-5-9(17)14(22)23/h9-11,26H,1-8,16-17H2,(H,18,20)(H,19,21)(H,22,23)(H,24,25)/t9-,10-,11-/m0/s1. The third-order valence-corrected chi connectivity index (χ3v) is 4.01. The first-order valence-corrected chi connectivity index (χ1v) is 8.98. The van der Waals surface area contributed by atoms with E-state index in [4.69, 9.17) is 16.6 Å². The van der Waals surface area contributed by atoms with Gasteiger partial charge in [-0.25, -0.2) is 4.79 Å². The minimum Gasteiger partial charge on any atom is -0.480 e. The van der Waals surface area contributed by atoms with E-state index in [1.54, 1.807) is 0 Å². The van der Waals surface area contributed by atoms with Crippen LogP contribution in [0.1, 0.15) is 38.5 Å². The van der Waals surface area contributed by atoms with Crippen molar-refractivity contribution < 1.29 is 29.4 Å². The molecule has 0 aromatic rings. The lowest BCUT2D eigenvalue weighted by atomic mass is 10.1. The molecule has 0 rings (SSSR count). The normalized spacial score (nSPS) is 14.1. The number of nitrogens with one attached hydrogen (secondary N) is 2. The lowest BCUT2D eigenvalue weighted by Crippen LogP contribution is -2.52. The molecule has 0 unspecified atom stereocenters. The van der Waals surface area contributed by atoms with Gasteiger partial charge in [-0.05, 0) is 25.8 Å². The molecular weight excluding hydrogens is 364 g/mol. The second kappa shape index (κ2) is 13.4. The van der Waals surface area contributed by atoms with E-state index in [1.165, 1.54) is 0 Å². The minimum absolute atomic E-state index is 0.0396. The Kier molecular flexibility index (Phi) is 12.4. The number of unbranched alkanes of at least 4 members (excludes halogenated alkanes) is 2. The summed E-state index contributed by atoms with van der Waals surface area (Å²) in [6.45, 7) is 0.517. The number of carboxylic acids is 2. The van der Waals surface area contributed by atoms with Crippen LogP contribution in [-0.4, -0.2) is 64.4 Å². The Balaban J connectivity index is 4.52. The van der Waals surface area contributed by atoms with Gasteiger partial charge in [-0.15, -0.1) is 0 Å². The van der Waals surface area contributed by atoms with Crippen LogP contribution in [0.5, 0.6) is 0 Å². The predicted molar refractivity (Wildman–Crippen MR) is 97.7 cm³/mol. The number of carbonyl (C=O) groups is 4. The van der Waals surface area contributed by atoms with Crippen molar-refractivity contribution in [3.8, 4) is 0 Å². The van der Waals surface area contributed by atoms with E-state index in [1.807, 2.05) is 0 Å². The lowest BCUT2D eigenvalue weighted by Gasteiger charge is -2.20. The number of amides is 2. The molecule has 0 aliphatic rings. The van der Waals surface area contributed by atoms with Crippen molar-refractivity contribution in [1.29, 1.82) is 0 Å². The van der Waals surface area contributed by atoms with Crippen LogP contribution in [0.25, 0.3) is 0 Å². The number of thiol groups is 1. The smallest absolute Gasteiger partial charge is 0.326 e. The Labute approximate surface area is 157 Å². The molecule has 0 radical (unpaired) electrons. The van der Waals surface area contributed by atoms with E-state index in [-0.39, 0.29) is 25.0 Å². The summed E-state index contributed by atoms with van der Waals surface area (Å²) in [4.78, 5) is 45.9. The molecule has 0 bridgehead atoms. The second-order valence-electron chi connectivity index (χ2n) is 5.82. The van der Waals surface area contributed by atoms with Crippen molar-refractivity contribution >= 4 is 36.4 Å². The zero-order valence-electron chi connectivity index (χ0n) is 14.5. The largest absolute Gasteiger partial charge is 0.480 e. The summed E-state index contributed by atoms with van der Waals surface area (Å²) in [5, 5.41) is 22.6.